The van der Waals surface area contributed by atoms with Gasteiger partial charge in [-0.3, -0.25) is 0 Å². The standard InChI is InChI=1S/C13H26N2/c1-10-3-6-13(9-10)15(2)12-7-4-11(14)5-8-12/h10-13H,3-9,14H2,1-2H3. The highest BCUT2D eigenvalue weighted by molar-refractivity contribution is 4.86. The molecule has 0 amide bonds. The molecule has 0 aromatic rings. The van der Waals surface area contributed by atoms with Crippen molar-refractivity contribution in [1.29, 1.82) is 0 Å². The van der Waals surface area contributed by atoms with Crippen molar-refractivity contribution in [2.45, 2.75) is 70.0 Å². The van der Waals surface area contributed by atoms with E-state index in [1.165, 1.54) is 44.9 Å². The molecule has 2 N–H and O–H groups in total. The van der Waals surface area contributed by atoms with Gasteiger partial charge in [-0.05, 0) is 57.9 Å². The van der Waals surface area contributed by atoms with Crippen molar-refractivity contribution in [3.05, 3.63) is 0 Å². The normalized spacial score (nSPS) is 42.4. The molecular weight excluding hydrogens is 184 g/mol. The number of hydrogen-bond donors (Lipinski definition) is 1. The number of nitrogens with two attached hydrogens (primary N) is 1. The van der Waals surface area contributed by atoms with Crippen molar-refractivity contribution in [2.75, 3.05) is 7.05 Å². The van der Waals surface area contributed by atoms with E-state index >= 15 is 0 Å². The van der Waals surface area contributed by atoms with Gasteiger partial charge in [0.05, 0.1) is 0 Å². The first kappa shape index (κ1) is 11.4. The maximum Gasteiger partial charge on any atom is 0.00977 e. The van der Waals surface area contributed by atoms with Crippen molar-refractivity contribution >= 4 is 0 Å². The fourth-order valence-corrected chi connectivity index (χ4v) is 3.35. The largest absolute Gasteiger partial charge is 0.328 e. The number of nitrogens with zero attached hydrogens (tertiary/aromatic N) is 1. The minimum atomic E-state index is 0.483. The Morgan fingerprint density at radius 1 is 0.933 bits per heavy atom. The molecular formula is C13H26N2. The second kappa shape index (κ2) is 4.84. The fraction of sp³-hybridized carbons (Fsp3) is 1.00. The van der Waals surface area contributed by atoms with Crippen molar-refractivity contribution < 1.29 is 0 Å². The summed E-state index contributed by atoms with van der Waals surface area (Å²) < 4.78 is 0. The predicted molar refractivity (Wildman–Crippen MR) is 64.8 cm³/mol. The lowest BCUT2D eigenvalue weighted by molar-refractivity contribution is 0.132. The van der Waals surface area contributed by atoms with Gasteiger partial charge in [0.1, 0.15) is 0 Å². The third-order valence-corrected chi connectivity index (χ3v) is 4.56. The van der Waals surface area contributed by atoms with Crippen LogP contribution in [0.4, 0.5) is 0 Å². The first-order valence-corrected chi connectivity index (χ1v) is 6.64. The Kier molecular flexibility index (Phi) is 3.68. The second-order valence-electron chi connectivity index (χ2n) is 5.81. The SMILES string of the molecule is CC1CCC(N(C)C2CCC(N)CC2)C1. The van der Waals surface area contributed by atoms with Crippen LogP contribution in [0.5, 0.6) is 0 Å². The summed E-state index contributed by atoms with van der Waals surface area (Å²) in [6.45, 7) is 2.39. The van der Waals surface area contributed by atoms with E-state index in [0.717, 1.165) is 18.0 Å². The Bertz CT molecular complexity index is 197. The topological polar surface area (TPSA) is 29.3 Å². The predicted octanol–water partition coefficient (Wildman–Crippen LogP) is 2.38. The van der Waals surface area contributed by atoms with Crippen LogP contribution in [0.25, 0.3) is 0 Å². The third-order valence-electron chi connectivity index (χ3n) is 4.56. The Morgan fingerprint density at radius 3 is 2.07 bits per heavy atom. The molecule has 0 saturated heterocycles. The minimum absolute atomic E-state index is 0.483. The van der Waals surface area contributed by atoms with E-state index in [-0.39, 0.29) is 0 Å². The van der Waals surface area contributed by atoms with Crippen LogP contribution in [0.2, 0.25) is 0 Å². The molecule has 15 heavy (non-hydrogen) atoms. The molecule has 2 atom stereocenters. The molecule has 0 bridgehead atoms. The van der Waals surface area contributed by atoms with Gasteiger partial charge in [0.25, 0.3) is 0 Å². The van der Waals surface area contributed by atoms with Gasteiger partial charge in [0, 0.05) is 18.1 Å². The average molecular weight is 210 g/mol. The molecule has 2 heteroatoms. The van der Waals surface area contributed by atoms with Gasteiger partial charge < -0.3 is 10.6 Å². The maximum absolute atomic E-state index is 5.95. The van der Waals surface area contributed by atoms with Gasteiger partial charge >= 0.3 is 0 Å². The Balaban J connectivity index is 1.82. The van der Waals surface area contributed by atoms with Gasteiger partial charge in [-0.2, -0.15) is 0 Å². The Labute approximate surface area is 94.2 Å². The molecule has 2 rings (SSSR count). The molecule has 0 heterocycles. The van der Waals surface area contributed by atoms with Crippen LogP contribution >= 0.6 is 0 Å². The van der Waals surface area contributed by atoms with Crippen LogP contribution in [0.15, 0.2) is 0 Å². The lowest BCUT2D eigenvalue weighted by Gasteiger charge is -2.37. The molecule has 0 spiro atoms. The zero-order valence-electron chi connectivity index (χ0n) is 10.3. The first-order chi connectivity index (χ1) is 7.16. The summed E-state index contributed by atoms with van der Waals surface area (Å²) in [4.78, 5) is 2.66. The number of rotatable bonds is 2. The van der Waals surface area contributed by atoms with Gasteiger partial charge in [0.15, 0.2) is 0 Å². The molecule has 2 fully saturated rings. The Hall–Kier alpha value is -0.0800. The van der Waals surface area contributed by atoms with Gasteiger partial charge in [-0.1, -0.05) is 6.92 Å². The first-order valence-electron chi connectivity index (χ1n) is 6.64. The lowest BCUT2D eigenvalue weighted by atomic mass is 9.90. The van der Waals surface area contributed by atoms with E-state index in [4.69, 9.17) is 5.73 Å². The van der Waals surface area contributed by atoms with Gasteiger partial charge in [-0.25, -0.2) is 0 Å². The number of hydrogen-bond acceptors (Lipinski definition) is 2. The van der Waals surface area contributed by atoms with E-state index in [9.17, 15) is 0 Å². The molecule has 88 valence electrons. The van der Waals surface area contributed by atoms with E-state index in [1.807, 2.05) is 0 Å². The summed E-state index contributed by atoms with van der Waals surface area (Å²) in [6, 6.07) is 2.16. The lowest BCUT2D eigenvalue weighted by Crippen LogP contribution is -2.43. The van der Waals surface area contributed by atoms with Crippen molar-refractivity contribution in [3.63, 3.8) is 0 Å². The molecule has 0 aliphatic heterocycles. The van der Waals surface area contributed by atoms with E-state index in [0.29, 0.717) is 6.04 Å². The highest BCUT2D eigenvalue weighted by atomic mass is 15.2. The second-order valence-corrected chi connectivity index (χ2v) is 5.81. The van der Waals surface area contributed by atoms with E-state index in [1.54, 1.807) is 0 Å². The zero-order valence-corrected chi connectivity index (χ0v) is 10.3. The van der Waals surface area contributed by atoms with Gasteiger partial charge in [-0.15, -0.1) is 0 Å². The monoisotopic (exact) mass is 210 g/mol. The summed E-state index contributed by atoms with van der Waals surface area (Å²) in [6.07, 6.45) is 9.38. The highest BCUT2D eigenvalue weighted by Gasteiger charge is 2.30. The minimum Gasteiger partial charge on any atom is -0.328 e. The molecule has 0 radical (unpaired) electrons. The zero-order chi connectivity index (χ0) is 10.8. The maximum atomic E-state index is 5.95. The van der Waals surface area contributed by atoms with E-state index < -0.39 is 0 Å². The highest BCUT2D eigenvalue weighted by Crippen LogP contribution is 2.32. The summed E-state index contributed by atoms with van der Waals surface area (Å²) in [5.74, 6) is 0.947. The molecule has 2 aliphatic carbocycles. The molecule has 2 unspecified atom stereocenters. The summed E-state index contributed by atoms with van der Waals surface area (Å²) in [5.41, 5.74) is 5.95. The summed E-state index contributed by atoms with van der Waals surface area (Å²) >= 11 is 0. The van der Waals surface area contributed by atoms with Crippen molar-refractivity contribution in [3.8, 4) is 0 Å². The van der Waals surface area contributed by atoms with Crippen LogP contribution in [-0.2, 0) is 0 Å². The van der Waals surface area contributed by atoms with Crippen LogP contribution < -0.4 is 5.73 Å². The quantitative estimate of drug-likeness (QED) is 0.758. The average Bonchev–Trinajstić information content (AvgIpc) is 2.65. The van der Waals surface area contributed by atoms with Crippen LogP contribution in [0, 0.1) is 5.92 Å². The molecule has 2 aliphatic rings. The van der Waals surface area contributed by atoms with Crippen molar-refractivity contribution in [1.82, 2.24) is 4.90 Å². The molecule has 2 saturated carbocycles. The van der Waals surface area contributed by atoms with Crippen LogP contribution in [-0.4, -0.2) is 30.1 Å². The molecule has 2 nitrogen and oxygen atoms in total. The molecule has 0 aromatic carbocycles. The Morgan fingerprint density at radius 2 is 1.53 bits per heavy atom. The van der Waals surface area contributed by atoms with Crippen LogP contribution in [0.1, 0.15) is 51.9 Å². The van der Waals surface area contributed by atoms with E-state index in [2.05, 4.69) is 18.9 Å². The van der Waals surface area contributed by atoms with Crippen LogP contribution in [0.3, 0.4) is 0 Å². The smallest absolute Gasteiger partial charge is 0.00977 e. The van der Waals surface area contributed by atoms with Crippen molar-refractivity contribution in [2.24, 2.45) is 11.7 Å². The summed E-state index contributed by atoms with van der Waals surface area (Å²) in [5, 5.41) is 0. The summed E-state index contributed by atoms with van der Waals surface area (Å²) in [7, 11) is 2.34. The molecule has 0 aromatic heterocycles. The third kappa shape index (κ3) is 2.73. The fourth-order valence-electron chi connectivity index (χ4n) is 3.35. The van der Waals surface area contributed by atoms with Gasteiger partial charge in [0.2, 0.25) is 0 Å².